The van der Waals surface area contributed by atoms with Gasteiger partial charge in [-0.3, -0.25) is 14.2 Å². The highest BCUT2D eigenvalue weighted by molar-refractivity contribution is 6.03. The molecule has 0 bridgehead atoms. The molecule has 2 heterocycles. The molecule has 0 amide bonds. The Hall–Kier alpha value is -2.10. The SMILES string of the molecule is Cn1c(=O)c2c3ccccc3cnc2n1C. The Labute approximate surface area is 91.7 Å². The molecule has 0 N–H and O–H groups in total. The van der Waals surface area contributed by atoms with Crippen LogP contribution in [0.2, 0.25) is 0 Å². The monoisotopic (exact) mass is 213 g/mol. The van der Waals surface area contributed by atoms with Gasteiger partial charge in [0.15, 0.2) is 5.65 Å². The number of nitrogens with zero attached hydrogens (tertiary/aromatic N) is 3. The number of rotatable bonds is 0. The van der Waals surface area contributed by atoms with Crippen molar-refractivity contribution in [3.05, 3.63) is 40.8 Å². The van der Waals surface area contributed by atoms with Crippen molar-refractivity contribution in [2.75, 3.05) is 0 Å². The second kappa shape index (κ2) is 2.95. The van der Waals surface area contributed by atoms with E-state index in [0.717, 1.165) is 16.4 Å². The van der Waals surface area contributed by atoms with Crippen molar-refractivity contribution in [3.63, 3.8) is 0 Å². The minimum absolute atomic E-state index is 0.00167. The molecule has 0 saturated carbocycles. The first-order valence-electron chi connectivity index (χ1n) is 5.09. The van der Waals surface area contributed by atoms with Gasteiger partial charge < -0.3 is 0 Å². The van der Waals surface area contributed by atoms with Crippen LogP contribution in [0.1, 0.15) is 0 Å². The zero-order chi connectivity index (χ0) is 11.3. The van der Waals surface area contributed by atoms with Gasteiger partial charge >= 0.3 is 0 Å². The van der Waals surface area contributed by atoms with E-state index in [0.29, 0.717) is 5.39 Å². The minimum atomic E-state index is 0.00167. The van der Waals surface area contributed by atoms with Crippen molar-refractivity contribution in [2.45, 2.75) is 0 Å². The van der Waals surface area contributed by atoms with Gasteiger partial charge in [-0.25, -0.2) is 4.98 Å². The summed E-state index contributed by atoms with van der Waals surface area (Å²) in [6.07, 6.45) is 1.80. The second-order valence-electron chi connectivity index (χ2n) is 3.90. The summed E-state index contributed by atoms with van der Waals surface area (Å²) in [5, 5.41) is 2.66. The Balaban J connectivity index is 2.71. The zero-order valence-electron chi connectivity index (χ0n) is 9.14. The second-order valence-corrected chi connectivity index (χ2v) is 3.90. The molecule has 2 aromatic heterocycles. The lowest BCUT2D eigenvalue weighted by Crippen LogP contribution is -2.16. The standard InChI is InChI=1S/C12H11N3O/c1-14-11-10(12(16)15(14)2)9-6-4-3-5-8(9)7-13-11/h3-7H,1-2H3. The lowest BCUT2D eigenvalue weighted by molar-refractivity contribution is 0.591. The molecule has 1 aromatic carbocycles. The normalized spacial score (nSPS) is 11.4. The zero-order valence-corrected chi connectivity index (χ0v) is 9.14. The molecule has 0 aliphatic heterocycles. The van der Waals surface area contributed by atoms with Crippen molar-refractivity contribution in [2.24, 2.45) is 14.1 Å². The fourth-order valence-electron chi connectivity index (χ4n) is 2.05. The Morgan fingerprint density at radius 1 is 1.12 bits per heavy atom. The van der Waals surface area contributed by atoms with Gasteiger partial charge in [0.1, 0.15) is 0 Å². The summed E-state index contributed by atoms with van der Waals surface area (Å²) in [5.41, 5.74) is 0.730. The van der Waals surface area contributed by atoms with Crippen LogP contribution in [0.25, 0.3) is 21.8 Å². The highest BCUT2D eigenvalue weighted by Crippen LogP contribution is 2.20. The van der Waals surface area contributed by atoms with E-state index in [1.807, 2.05) is 31.3 Å². The van der Waals surface area contributed by atoms with Gasteiger partial charge in [-0.1, -0.05) is 24.3 Å². The summed E-state index contributed by atoms with van der Waals surface area (Å²) >= 11 is 0. The number of benzene rings is 1. The molecule has 0 atom stereocenters. The van der Waals surface area contributed by atoms with Crippen LogP contribution in [0.3, 0.4) is 0 Å². The maximum atomic E-state index is 12.1. The highest BCUT2D eigenvalue weighted by atomic mass is 16.1. The smallest absolute Gasteiger partial charge is 0.268 e. The van der Waals surface area contributed by atoms with Crippen LogP contribution in [-0.2, 0) is 14.1 Å². The molecule has 0 fully saturated rings. The van der Waals surface area contributed by atoms with Gasteiger partial charge in [-0.05, 0) is 5.39 Å². The van der Waals surface area contributed by atoms with Gasteiger partial charge in [0.25, 0.3) is 5.56 Å². The summed E-state index contributed by atoms with van der Waals surface area (Å²) in [5.74, 6) is 0. The number of hydrogen-bond donors (Lipinski definition) is 0. The summed E-state index contributed by atoms with van der Waals surface area (Å²) in [6, 6.07) is 7.81. The molecule has 4 nitrogen and oxygen atoms in total. The molecule has 0 spiro atoms. The summed E-state index contributed by atoms with van der Waals surface area (Å²) in [7, 11) is 3.59. The first-order chi connectivity index (χ1) is 7.70. The molecule has 3 aromatic rings. The fraction of sp³-hybridized carbons (Fsp3) is 0.167. The molecular formula is C12H11N3O. The topological polar surface area (TPSA) is 39.8 Å². The van der Waals surface area contributed by atoms with E-state index in [2.05, 4.69) is 4.98 Å². The van der Waals surface area contributed by atoms with Crippen molar-refractivity contribution in [1.82, 2.24) is 14.3 Å². The molecule has 4 heteroatoms. The van der Waals surface area contributed by atoms with Crippen LogP contribution in [0.5, 0.6) is 0 Å². The Kier molecular flexibility index (Phi) is 1.68. The van der Waals surface area contributed by atoms with Crippen molar-refractivity contribution >= 4 is 21.8 Å². The molecule has 0 aliphatic rings. The highest BCUT2D eigenvalue weighted by Gasteiger charge is 2.11. The van der Waals surface area contributed by atoms with Crippen LogP contribution in [0.4, 0.5) is 0 Å². The van der Waals surface area contributed by atoms with E-state index >= 15 is 0 Å². The summed E-state index contributed by atoms with van der Waals surface area (Å²) in [6.45, 7) is 0. The average molecular weight is 213 g/mol. The summed E-state index contributed by atoms with van der Waals surface area (Å²) in [4.78, 5) is 16.4. The summed E-state index contributed by atoms with van der Waals surface area (Å²) < 4.78 is 3.34. The van der Waals surface area contributed by atoms with Crippen LogP contribution in [0.15, 0.2) is 35.3 Å². The van der Waals surface area contributed by atoms with E-state index in [9.17, 15) is 4.79 Å². The molecular weight excluding hydrogens is 202 g/mol. The number of pyridine rings is 1. The van der Waals surface area contributed by atoms with E-state index < -0.39 is 0 Å². The quantitative estimate of drug-likeness (QED) is 0.566. The predicted molar refractivity (Wildman–Crippen MR) is 63.5 cm³/mol. The first-order valence-corrected chi connectivity index (χ1v) is 5.09. The lowest BCUT2D eigenvalue weighted by atomic mass is 10.1. The third-order valence-corrected chi connectivity index (χ3v) is 3.04. The maximum absolute atomic E-state index is 12.1. The molecule has 0 radical (unpaired) electrons. The fourth-order valence-corrected chi connectivity index (χ4v) is 2.05. The molecule has 16 heavy (non-hydrogen) atoms. The van der Waals surface area contributed by atoms with Crippen molar-refractivity contribution in [3.8, 4) is 0 Å². The van der Waals surface area contributed by atoms with Crippen LogP contribution >= 0.6 is 0 Å². The van der Waals surface area contributed by atoms with Gasteiger partial charge in [-0.2, -0.15) is 0 Å². The third kappa shape index (κ3) is 0.984. The molecule has 80 valence electrons. The first kappa shape index (κ1) is 9.15. The average Bonchev–Trinajstić information content (AvgIpc) is 2.55. The number of aromatic nitrogens is 3. The largest absolute Gasteiger partial charge is 0.276 e. The van der Waals surface area contributed by atoms with Crippen molar-refractivity contribution < 1.29 is 0 Å². The minimum Gasteiger partial charge on any atom is -0.268 e. The predicted octanol–water partition coefficient (Wildman–Crippen LogP) is 1.43. The van der Waals surface area contributed by atoms with Gasteiger partial charge in [0, 0.05) is 25.7 Å². The Morgan fingerprint density at radius 2 is 1.88 bits per heavy atom. The number of fused-ring (bicyclic) bond motifs is 3. The van der Waals surface area contributed by atoms with Crippen LogP contribution < -0.4 is 5.56 Å². The number of hydrogen-bond acceptors (Lipinski definition) is 2. The third-order valence-electron chi connectivity index (χ3n) is 3.04. The Bertz CT molecular complexity index is 752. The van der Waals surface area contributed by atoms with Crippen molar-refractivity contribution in [1.29, 1.82) is 0 Å². The molecule has 0 aliphatic carbocycles. The van der Waals surface area contributed by atoms with Crippen LogP contribution in [-0.4, -0.2) is 14.3 Å². The van der Waals surface area contributed by atoms with E-state index in [-0.39, 0.29) is 5.56 Å². The maximum Gasteiger partial charge on any atom is 0.276 e. The Morgan fingerprint density at radius 3 is 2.69 bits per heavy atom. The number of aryl methyl sites for hydroxylation is 1. The van der Waals surface area contributed by atoms with E-state index in [1.54, 1.807) is 22.6 Å². The van der Waals surface area contributed by atoms with Gasteiger partial charge in [0.2, 0.25) is 0 Å². The molecule has 0 unspecified atom stereocenters. The molecule has 3 rings (SSSR count). The van der Waals surface area contributed by atoms with E-state index in [1.165, 1.54) is 0 Å². The molecule has 0 saturated heterocycles. The van der Waals surface area contributed by atoms with E-state index in [4.69, 9.17) is 0 Å². The van der Waals surface area contributed by atoms with Gasteiger partial charge in [0.05, 0.1) is 5.39 Å². The van der Waals surface area contributed by atoms with Crippen LogP contribution in [0, 0.1) is 0 Å². The lowest BCUT2D eigenvalue weighted by Gasteiger charge is -1.99. The van der Waals surface area contributed by atoms with Gasteiger partial charge in [-0.15, -0.1) is 0 Å².